The standard InChI is InChI=1S/C14H18N2O2/c17-14(16-8-4-1-5-9-16)13-10-15-11-6-2-3-7-12(11)18-13/h2-3,6-7,13,15H,1,4-5,8-10H2/t13-/m0/s1. The molecule has 1 N–H and O–H groups in total. The van der Waals surface area contributed by atoms with Gasteiger partial charge in [0.05, 0.1) is 12.2 Å². The second-order valence-corrected chi connectivity index (χ2v) is 4.87. The Hall–Kier alpha value is -1.71. The first-order valence-corrected chi connectivity index (χ1v) is 6.63. The lowest BCUT2D eigenvalue weighted by atomic mass is 10.1. The number of hydrogen-bond donors (Lipinski definition) is 1. The van der Waals surface area contributed by atoms with Gasteiger partial charge in [-0.05, 0) is 31.4 Å². The first kappa shape index (κ1) is 11.4. The summed E-state index contributed by atoms with van der Waals surface area (Å²) < 4.78 is 5.79. The Labute approximate surface area is 107 Å². The molecule has 0 unspecified atom stereocenters. The molecule has 96 valence electrons. The summed E-state index contributed by atoms with van der Waals surface area (Å²) in [6.07, 6.45) is 3.08. The molecule has 0 aliphatic carbocycles. The van der Waals surface area contributed by atoms with E-state index in [1.165, 1.54) is 6.42 Å². The second-order valence-electron chi connectivity index (χ2n) is 4.87. The van der Waals surface area contributed by atoms with Crippen molar-refractivity contribution in [1.82, 2.24) is 4.90 Å². The molecule has 18 heavy (non-hydrogen) atoms. The van der Waals surface area contributed by atoms with Crippen LogP contribution < -0.4 is 10.1 Å². The molecule has 0 aromatic heterocycles. The maximum absolute atomic E-state index is 12.3. The van der Waals surface area contributed by atoms with Gasteiger partial charge >= 0.3 is 0 Å². The number of carbonyl (C=O) groups is 1. The summed E-state index contributed by atoms with van der Waals surface area (Å²) in [5.74, 6) is 0.899. The average molecular weight is 246 g/mol. The summed E-state index contributed by atoms with van der Waals surface area (Å²) in [5.41, 5.74) is 0.972. The summed E-state index contributed by atoms with van der Waals surface area (Å²) >= 11 is 0. The van der Waals surface area contributed by atoms with Crippen molar-refractivity contribution in [2.75, 3.05) is 25.0 Å². The minimum atomic E-state index is -0.377. The fourth-order valence-electron chi connectivity index (χ4n) is 2.57. The Balaban J connectivity index is 1.69. The molecule has 2 aliphatic heterocycles. The number of fused-ring (bicyclic) bond motifs is 1. The number of nitrogens with zero attached hydrogens (tertiary/aromatic N) is 1. The topological polar surface area (TPSA) is 41.6 Å². The maximum atomic E-state index is 12.3. The number of benzene rings is 1. The van der Waals surface area contributed by atoms with Crippen LogP contribution in [-0.4, -0.2) is 36.5 Å². The molecule has 0 bridgehead atoms. The fraction of sp³-hybridized carbons (Fsp3) is 0.500. The van der Waals surface area contributed by atoms with E-state index in [0.29, 0.717) is 6.54 Å². The van der Waals surface area contributed by atoms with Gasteiger partial charge in [-0.2, -0.15) is 0 Å². The molecule has 1 saturated heterocycles. The predicted molar refractivity (Wildman–Crippen MR) is 69.8 cm³/mol. The lowest BCUT2D eigenvalue weighted by Gasteiger charge is -2.33. The van der Waals surface area contributed by atoms with Crippen LogP contribution >= 0.6 is 0 Å². The van der Waals surface area contributed by atoms with Crippen molar-refractivity contribution in [2.45, 2.75) is 25.4 Å². The van der Waals surface area contributed by atoms with Crippen LogP contribution in [0.2, 0.25) is 0 Å². The van der Waals surface area contributed by atoms with E-state index in [2.05, 4.69) is 5.32 Å². The molecule has 1 aromatic carbocycles. The van der Waals surface area contributed by atoms with Crippen molar-refractivity contribution in [3.63, 3.8) is 0 Å². The molecule has 4 nitrogen and oxygen atoms in total. The molecule has 0 spiro atoms. The van der Waals surface area contributed by atoms with Gasteiger partial charge in [-0.3, -0.25) is 4.79 Å². The third-order valence-electron chi connectivity index (χ3n) is 3.58. The van der Waals surface area contributed by atoms with E-state index in [1.807, 2.05) is 29.2 Å². The van der Waals surface area contributed by atoms with Crippen molar-refractivity contribution < 1.29 is 9.53 Å². The number of hydrogen-bond acceptors (Lipinski definition) is 3. The van der Waals surface area contributed by atoms with E-state index in [-0.39, 0.29) is 12.0 Å². The number of ether oxygens (including phenoxy) is 1. The smallest absolute Gasteiger partial charge is 0.265 e. The van der Waals surface area contributed by atoms with Crippen LogP contribution in [0.4, 0.5) is 5.69 Å². The van der Waals surface area contributed by atoms with Crippen LogP contribution in [0.5, 0.6) is 5.75 Å². The lowest BCUT2D eigenvalue weighted by molar-refractivity contribution is -0.139. The number of piperidine rings is 1. The lowest BCUT2D eigenvalue weighted by Crippen LogP contribution is -2.48. The molecule has 0 radical (unpaired) electrons. The van der Waals surface area contributed by atoms with E-state index in [0.717, 1.165) is 37.4 Å². The fourth-order valence-corrected chi connectivity index (χ4v) is 2.57. The number of rotatable bonds is 1. The van der Waals surface area contributed by atoms with E-state index >= 15 is 0 Å². The second kappa shape index (κ2) is 4.88. The van der Waals surface area contributed by atoms with Gasteiger partial charge in [0.25, 0.3) is 5.91 Å². The number of amides is 1. The van der Waals surface area contributed by atoms with Gasteiger partial charge < -0.3 is 15.0 Å². The molecule has 1 atom stereocenters. The van der Waals surface area contributed by atoms with Crippen LogP contribution in [0.25, 0.3) is 0 Å². The molecule has 3 rings (SSSR count). The van der Waals surface area contributed by atoms with Gasteiger partial charge in [0.2, 0.25) is 0 Å². The highest BCUT2D eigenvalue weighted by molar-refractivity contribution is 5.83. The monoisotopic (exact) mass is 246 g/mol. The highest BCUT2D eigenvalue weighted by atomic mass is 16.5. The molecule has 0 saturated carbocycles. The zero-order valence-electron chi connectivity index (χ0n) is 10.4. The van der Waals surface area contributed by atoms with Gasteiger partial charge in [-0.25, -0.2) is 0 Å². The summed E-state index contributed by atoms with van der Waals surface area (Å²) in [6.45, 7) is 2.31. The Morgan fingerprint density at radius 2 is 2.00 bits per heavy atom. The molecule has 1 amide bonds. The third kappa shape index (κ3) is 2.15. The van der Waals surface area contributed by atoms with Gasteiger partial charge in [-0.1, -0.05) is 12.1 Å². The summed E-state index contributed by atoms with van der Waals surface area (Å²) in [7, 11) is 0. The zero-order valence-corrected chi connectivity index (χ0v) is 10.4. The molecule has 2 aliphatic rings. The summed E-state index contributed by atoms with van der Waals surface area (Å²) in [5, 5.41) is 3.26. The van der Waals surface area contributed by atoms with Crippen LogP contribution in [0.3, 0.4) is 0 Å². The van der Waals surface area contributed by atoms with Crippen molar-refractivity contribution in [2.24, 2.45) is 0 Å². The Morgan fingerprint density at radius 1 is 1.22 bits per heavy atom. The maximum Gasteiger partial charge on any atom is 0.265 e. The predicted octanol–water partition coefficient (Wildman–Crippen LogP) is 1.87. The largest absolute Gasteiger partial charge is 0.477 e. The molecule has 1 fully saturated rings. The van der Waals surface area contributed by atoms with Crippen molar-refractivity contribution in [3.8, 4) is 5.75 Å². The first-order valence-electron chi connectivity index (χ1n) is 6.63. The Kier molecular flexibility index (Phi) is 3.09. The highest BCUT2D eigenvalue weighted by Gasteiger charge is 2.30. The Bertz CT molecular complexity index is 441. The summed E-state index contributed by atoms with van der Waals surface area (Å²) in [4.78, 5) is 14.3. The van der Waals surface area contributed by atoms with Crippen molar-refractivity contribution in [1.29, 1.82) is 0 Å². The number of likely N-dealkylation sites (tertiary alicyclic amines) is 1. The van der Waals surface area contributed by atoms with Crippen LogP contribution in [0, 0.1) is 0 Å². The Morgan fingerprint density at radius 3 is 2.83 bits per heavy atom. The van der Waals surface area contributed by atoms with Crippen molar-refractivity contribution in [3.05, 3.63) is 24.3 Å². The van der Waals surface area contributed by atoms with Gasteiger partial charge in [0, 0.05) is 13.1 Å². The van der Waals surface area contributed by atoms with Crippen LogP contribution in [-0.2, 0) is 4.79 Å². The minimum Gasteiger partial charge on any atom is -0.477 e. The summed E-state index contributed by atoms with van der Waals surface area (Å²) in [6, 6.07) is 7.76. The average Bonchev–Trinajstić information content (AvgIpc) is 2.47. The van der Waals surface area contributed by atoms with E-state index in [4.69, 9.17) is 4.74 Å². The van der Waals surface area contributed by atoms with Gasteiger partial charge in [-0.15, -0.1) is 0 Å². The molecule has 1 aromatic rings. The van der Waals surface area contributed by atoms with E-state index < -0.39 is 0 Å². The molecule has 2 heterocycles. The number of para-hydroxylation sites is 2. The van der Waals surface area contributed by atoms with Gasteiger partial charge in [0.15, 0.2) is 6.10 Å². The van der Waals surface area contributed by atoms with Crippen LogP contribution in [0.1, 0.15) is 19.3 Å². The molecular weight excluding hydrogens is 228 g/mol. The van der Waals surface area contributed by atoms with Gasteiger partial charge in [0.1, 0.15) is 5.75 Å². The van der Waals surface area contributed by atoms with Crippen molar-refractivity contribution >= 4 is 11.6 Å². The third-order valence-corrected chi connectivity index (χ3v) is 3.58. The van der Waals surface area contributed by atoms with E-state index in [9.17, 15) is 4.79 Å². The SMILES string of the molecule is O=C([C@@H]1CNc2ccccc2O1)N1CCCCC1. The zero-order chi connectivity index (χ0) is 12.4. The van der Waals surface area contributed by atoms with E-state index in [1.54, 1.807) is 0 Å². The first-order chi connectivity index (χ1) is 8.84. The molecule has 4 heteroatoms. The highest BCUT2D eigenvalue weighted by Crippen LogP contribution is 2.28. The normalized spacial score (nSPS) is 22.7. The molecular formula is C14H18N2O2. The minimum absolute atomic E-state index is 0.122. The quantitative estimate of drug-likeness (QED) is 0.822. The number of carbonyl (C=O) groups excluding carboxylic acids is 1. The number of anilines is 1. The number of nitrogens with one attached hydrogen (secondary N) is 1. The van der Waals surface area contributed by atoms with Crippen LogP contribution in [0.15, 0.2) is 24.3 Å².